The van der Waals surface area contributed by atoms with Crippen LogP contribution in [0.4, 0.5) is 0 Å². The largest absolute Gasteiger partial charge is 0.346 e. The Morgan fingerprint density at radius 2 is 2.04 bits per heavy atom. The fourth-order valence-corrected chi connectivity index (χ4v) is 3.07. The third kappa shape index (κ3) is 3.24. The van der Waals surface area contributed by atoms with Gasteiger partial charge in [-0.1, -0.05) is 32.0 Å². The number of carbonyl (C=O) groups is 1. The molecule has 4 rings (SSSR count). The second-order valence-electron chi connectivity index (χ2n) is 6.99. The molecule has 0 unspecified atom stereocenters. The van der Waals surface area contributed by atoms with E-state index in [1.807, 2.05) is 41.2 Å². The van der Waals surface area contributed by atoms with Gasteiger partial charge in [0.2, 0.25) is 0 Å². The normalized spacial score (nSPS) is 14.0. The highest BCUT2D eigenvalue weighted by Gasteiger charge is 2.31. The first kappa shape index (κ1) is 16.5. The number of hydrogen-bond donors (Lipinski definition) is 2. The second-order valence-corrected chi connectivity index (χ2v) is 6.99. The lowest BCUT2D eigenvalue weighted by Gasteiger charge is -2.06. The number of amides is 1. The summed E-state index contributed by atoms with van der Waals surface area (Å²) in [6, 6.07) is 9.97. The lowest BCUT2D eigenvalue weighted by Crippen LogP contribution is -2.24. The van der Waals surface area contributed by atoms with E-state index in [0.717, 1.165) is 35.5 Å². The molecule has 0 atom stereocenters. The van der Waals surface area contributed by atoms with E-state index in [2.05, 4.69) is 34.6 Å². The van der Waals surface area contributed by atoms with Gasteiger partial charge in [-0.05, 0) is 30.9 Å². The van der Waals surface area contributed by atoms with E-state index < -0.39 is 0 Å². The molecule has 0 radical (unpaired) electrons. The van der Waals surface area contributed by atoms with Gasteiger partial charge in [0.15, 0.2) is 5.69 Å². The van der Waals surface area contributed by atoms with Crippen LogP contribution in [0.1, 0.15) is 66.0 Å². The molecule has 0 bridgehead atoms. The smallest absolute Gasteiger partial charge is 0.274 e. The molecule has 7 heteroatoms. The number of rotatable bonds is 6. The van der Waals surface area contributed by atoms with Gasteiger partial charge in [0.1, 0.15) is 0 Å². The summed E-state index contributed by atoms with van der Waals surface area (Å²) in [4.78, 5) is 12.5. The molecule has 1 amide bonds. The summed E-state index contributed by atoms with van der Waals surface area (Å²) in [7, 11) is 0. The van der Waals surface area contributed by atoms with Crippen molar-refractivity contribution < 1.29 is 4.79 Å². The Bertz CT molecular complexity index is 907. The Kier molecular flexibility index (Phi) is 4.28. The summed E-state index contributed by atoms with van der Waals surface area (Å²) in [6.45, 7) is 4.62. The predicted octanol–water partition coefficient (Wildman–Crippen LogP) is 2.92. The van der Waals surface area contributed by atoms with Gasteiger partial charge >= 0.3 is 0 Å². The number of carbonyl (C=O) groups excluding carboxylic acids is 1. The van der Waals surface area contributed by atoms with Crippen molar-refractivity contribution in [2.45, 2.75) is 45.1 Å². The molecule has 2 aromatic heterocycles. The van der Waals surface area contributed by atoms with Gasteiger partial charge in [-0.15, -0.1) is 0 Å². The molecular formula is C19H22N6O. The minimum atomic E-state index is -0.192. The molecule has 1 saturated carbocycles. The van der Waals surface area contributed by atoms with Crippen LogP contribution in [-0.4, -0.2) is 31.1 Å². The molecule has 26 heavy (non-hydrogen) atoms. The highest BCUT2D eigenvalue weighted by atomic mass is 16.2. The fraction of sp³-hybridized carbons (Fsp3) is 0.368. The average Bonchev–Trinajstić information content (AvgIpc) is 3.21. The molecule has 134 valence electrons. The van der Waals surface area contributed by atoms with Crippen molar-refractivity contribution in [3.8, 4) is 5.69 Å². The second kappa shape index (κ2) is 6.74. The summed E-state index contributed by atoms with van der Waals surface area (Å²) < 4.78 is 1.86. The number of nitrogens with zero attached hydrogens (tertiary/aromatic N) is 4. The molecule has 3 aromatic rings. The highest BCUT2D eigenvalue weighted by Crippen LogP contribution is 2.39. The molecule has 2 heterocycles. The quantitative estimate of drug-likeness (QED) is 0.715. The van der Waals surface area contributed by atoms with Crippen molar-refractivity contribution in [1.82, 2.24) is 30.5 Å². The van der Waals surface area contributed by atoms with E-state index in [4.69, 9.17) is 5.10 Å². The Morgan fingerprint density at radius 3 is 2.73 bits per heavy atom. The Labute approximate surface area is 151 Å². The molecule has 2 N–H and O–H groups in total. The van der Waals surface area contributed by atoms with Crippen molar-refractivity contribution in [2.75, 3.05) is 0 Å². The lowest BCUT2D eigenvalue weighted by molar-refractivity contribution is 0.0944. The summed E-state index contributed by atoms with van der Waals surface area (Å²) in [5.74, 6) is 0.449. The molecule has 0 spiro atoms. The maximum Gasteiger partial charge on any atom is 0.274 e. The van der Waals surface area contributed by atoms with Gasteiger partial charge in [-0.2, -0.15) is 20.5 Å². The van der Waals surface area contributed by atoms with Gasteiger partial charge in [-0.25, -0.2) is 4.68 Å². The minimum Gasteiger partial charge on any atom is -0.346 e. The van der Waals surface area contributed by atoms with Crippen LogP contribution in [0, 0.1) is 0 Å². The molecular weight excluding hydrogens is 328 g/mol. The van der Waals surface area contributed by atoms with Gasteiger partial charge in [0.25, 0.3) is 5.91 Å². The molecule has 7 nitrogen and oxygen atoms in total. The molecule has 1 aromatic carbocycles. The first-order chi connectivity index (χ1) is 12.6. The summed E-state index contributed by atoms with van der Waals surface area (Å²) in [6.07, 6.45) is 4.14. The zero-order valence-corrected chi connectivity index (χ0v) is 14.9. The molecule has 1 aliphatic rings. The maximum absolute atomic E-state index is 12.5. The monoisotopic (exact) mass is 350 g/mol. The Balaban J connectivity index is 1.53. The van der Waals surface area contributed by atoms with E-state index in [9.17, 15) is 4.79 Å². The van der Waals surface area contributed by atoms with E-state index >= 15 is 0 Å². The standard InChI is InChI=1S/C19H22N6O/c1-12(2)16-14(11-25(23-16)15-6-4-3-5-7-15)10-20-19(26)18-17(13-8-9-13)21-24-22-18/h3-7,11-13H,8-10H2,1-2H3,(H,20,26)(H,21,22,24). The van der Waals surface area contributed by atoms with Crippen molar-refractivity contribution in [3.63, 3.8) is 0 Å². The summed E-state index contributed by atoms with van der Waals surface area (Å²) >= 11 is 0. The topological polar surface area (TPSA) is 88.5 Å². The number of H-pyrrole nitrogens is 1. The van der Waals surface area contributed by atoms with E-state index in [-0.39, 0.29) is 11.8 Å². The number of para-hydroxylation sites is 1. The van der Waals surface area contributed by atoms with Crippen LogP contribution in [0.25, 0.3) is 5.69 Å². The third-order valence-corrected chi connectivity index (χ3v) is 4.58. The summed E-state index contributed by atoms with van der Waals surface area (Å²) in [5, 5.41) is 18.4. The van der Waals surface area contributed by atoms with Crippen LogP contribution >= 0.6 is 0 Å². The first-order valence-corrected chi connectivity index (χ1v) is 8.96. The van der Waals surface area contributed by atoms with Gasteiger partial charge in [-0.3, -0.25) is 4.79 Å². The van der Waals surface area contributed by atoms with Crippen molar-refractivity contribution in [1.29, 1.82) is 0 Å². The number of benzene rings is 1. The molecule has 1 fully saturated rings. The number of aromatic nitrogens is 5. The van der Waals surface area contributed by atoms with Crippen molar-refractivity contribution in [2.24, 2.45) is 0 Å². The first-order valence-electron chi connectivity index (χ1n) is 8.96. The van der Waals surface area contributed by atoms with Crippen LogP contribution in [0.15, 0.2) is 36.5 Å². The van der Waals surface area contributed by atoms with Gasteiger partial charge in [0.05, 0.1) is 17.1 Å². The zero-order chi connectivity index (χ0) is 18.1. The predicted molar refractivity (Wildman–Crippen MR) is 97.2 cm³/mol. The van der Waals surface area contributed by atoms with Gasteiger partial charge < -0.3 is 5.32 Å². The van der Waals surface area contributed by atoms with E-state index in [1.165, 1.54) is 0 Å². The summed E-state index contributed by atoms with van der Waals surface area (Å²) in [5.41, 5.74) is 4.19. The highest BCUT2D eigenvalue weighted by molar-refractivity contribution is 5.93. The number of hydrogen-bond acceptors (Lipinski definition) is 4. The maximum atomic E-state index is 12.5. The van der Waals surface area contributed by atoms with Crippen LogP contribution < -0.4 is 5.32 Å². The average molecular weight is 350 g/mol. The number of nitrogens with one attached hydrogen (secondary N) is 2. The van der Waals surface area contributed by atoms with Crippen LogP contribution in [0.5, 0.6) is 0 Å². The third-order valence-electron chi connectivity index (χ3n) is 4.58. The fourth-order valence-electron chi connectivity index (χ4n) is 3.07. The Morgan fingerprint density at radius 1 is 1.27 bits per heavy atom. The molecule has 0 aliphatic heterocycles. The van der Waals surface area contributed by atoms with E-state index in [0.29, 0.717) is 18.2 Å². The van der Waals surface area contributed by atoms with E-state index in [1.54, 1.807) is 0 Å². The van der Waals surface area contributed by atoms with Crippen LogP contribution in [0.2, 0.25) is 0 Å². The lowest BCUT2D eigenvalue weighted by atomic mass is 10.1. The van der Waals surface area contributed by atoms with Crippen LogP contribution in [-0.2, 0) is 6.54 Å². The Hall–Kier alpha value is -2.96. The van der Waals surface area contributed by atoms with Crippen molar-refractivity contribution in [3.05, 3.63) is 59.2 Å². The van der Waals surface area contributed by atoms with Crippen molar-refractivity contribution >= 4 is 5.91 Å². The van der Waals surface area contributed by atoms with Gasteiger partial charge in [0, 0.05) is 24.2 Å². The molecule has 1 aliphatic carbocycles. The molecule has 0 saturated heterocycles. The van der Waals surface area contributed by atoms with Crippen LogP contribution in [0.3, 0.4) is 0 Å². The SMILES string of the molecule is CC(C)c1nn(-c2ccccc2)cc1CNC(=O)c1n[nH]nc1C1CC1. The number of aromatic amines is 1. The zero-order valence-electron chi connectivity index (χ0n) is 14.9. The minimum absolute atomic E-state index is 0.192.